The van der Waals surface area contributed by atoms with E-state index in [0.29, 0.717) is 11.3 Å². The highest BCUT2D eigenvalue weighted by Crippen LogP contribution is 2.21. The van der Waals surface area contributed by atoms with Crippen molar-refractivity contribution in [1.29, 1.82) is 0 Å². The molecule has 8 heteroatoms. The lowest BCUT2D eigenvalue weighted by Gasteiger charge is -2.20. The van der Waals surface area contributed by atoms with Gasteiger partial charge in [-0.05, 0) is 18.1 Å². The molecule has 0 radical (unpaired) electrons. The SMILES string of the molecule is CCC(CC)C(O)CNS(=O)(=O)c1ccc(C(=O)O)s1. The Hall–Kier alpha value is -0.960. The summed E-state index contributed by atoms with van der Waals surface area (Å²) in [6.07, 6.45) is 0.780. The molecule has 3 N–H and O–H groups in total. The lowest BCUT2D eigenvalue weighted by atomic mass is 9.97. The smallest absolute Gasteiger partial charge is 0.345 e. The van der Waals surface area contributed by atoms with Gasteiger partial charge in [-0.1, -0.05) is 26.7 Å². The summed E-state index contributed by atoms with van der Waals surface area (Å²) in [5.74, 6) is -1.12. The Morgan fingerprint density at radius 2 is 1.95 bits per heavy atom. The molecule has 0 aliphatic carbocycles. The molecule has 0 aromatic carbocycles. The summed E-state index contributed by atoms with van der Waals surface area (Å²) in [5, 5.41) is 18.7. The first-order valence-electron chi connectivity index (χ1n) is 6.32. The third-order valence-corrected chi connectivity index (χ3v) is 6.12. The average molecular weight is 321 g/mol. The van der Waals surface area contributed by atoms with Gasteiger partial charge in [0.15, 0.2) is 0 Å². The maximum Gasteiger partial charge on any atom is 0.345 e. The Balaban J connectivity index is 2.72. The molecule has 0 aliphatic rings. The lowest BCUT2D eigenvalue weighted by Crippen LogP contribution is -2.35. The Morgan fingerprint density at radius 3 is 2.40 bits per heavy atom. The molecule has 0 fully saturated rings. The van der Waals surface area contributed by atoms with E-state index < -0.39 is 22.1 Å². The molecule has 1 rings (SSSR count). The van der Waals surface area contributed by atoms with E-state index in [0.717, 1.165) is 12.8 Å². The van der Waals surface area contributed by atoms with Crippen molar-refractivity contribution in [2.24, 2.45) is 5.92 Å². The quantitative estimate of drug-likeness (QED) is 0.673. The molecule has 1 aromatic rings. The predicted octanol–water partition coefficient (Wildman–Crippen LogP) is 1.52. The van der Waals surface area contributed by atoms with Crippen molar-refractivity contribution in [3.8, 4) is 0 Å². The van der Waals surface area contributed by atoms with E-state index in [1.54, 1.807) is 0 Å². The van der Waals surface area contributed by atoms with Gasteiger partial charge >= 0.3 is 5.97 Å². The minimum Gasteiger partial charge on any atom is -0.477 e. The van der Waals surface area contributed by atoms with Crippen LogP contribution in [0.2, 0.25) is 0 Å². The Kier molecular flexibility index (Phi) is 6.12. The topological polar surface area (TPSA) is 104 Å². The molecule has 0 saturated heterocycles. The highest BCUT2D eigenvalue weighted by atomic mass is 32.2. The second kappa shape index (κ2) is 7.16. The summed E-state index contributed by atoms with van der Waals surface area (Å²) >= 11 is 0.688. The van der Waals surface area contributed by atoms with Gasteiger partial charge in [0.2, 0.25) is 10.0 Å². The number of aliphatic hydroxyl groups is 1. The van der Waals surface area contributed by atoms with Crippen LogP contribution < -0.4 is 4.72 Å². The van der Waals surface area contributed by atoms with Crippen LogP contribution in [0.4, 0.5) is 0 Å². The molecule has 0 saturated carbocycles. The van der Waals surface area contributed by atoms with Gasteiger partial charge < -0.3 is 10.2 Å². The van der Waals surface area contributed by atoms with Gasteiger partial charge in [0.1, 0.15) is 9.09 Å². The number of sulfonamides is 1. The van der Waals surface area contributed by atoms with Gasteiger partial charge in [0.05, 0.1) is 6.10 Å². The van der Waals surface area contributed by atoms with Crippen LogP contribution in [0.1, 0.15) is 36.4 Å². The van der Waals surface area contributed by atoms with Crippen LogP contribution in [0, 0.1) is 5.92 Å². The van der Waals surface area contributed by atoms with E-state index in [4.69, 9.17) is 5.11 Å². The monoisotopic (exact) mass is 321 g/mol. The fourth-order valence-corrected chi connectivity index (χ4v) is 4.09. The number of carbonyl (C=O) groups is 1. The van der Waals surface area contributed by atoms with Crippen molar-refractivity contribution < 1.29 is 23.4 Å². The molecule has 20 heavy (non-hydrogen) atoms. The molecule has 0 amide bonds. The number of hydrogen-bond acceptors (Lipinski definition) is 5. The van der Waals surface area contributed by atoms with Crippen LogP contribution in [-0.4, -0.2) is 37.2 Å². The summed E-state index contributed by atoms with van der Waals surface area (Å²) in [7, 11) is -3.77. The molecular weight excluding hydrogens is 302 g/mol. The van der Waals surface area contributed by atoms with E-state index >= 15 is 0 Å². The van der Waals surface area contributed by atoms with Crippen molar-refractivity contribution in [2.45, 2.75) is 37.0 Å². The molecule has 1 aromatic heterocycles. The van der Waals surface area contributed by atoms with Gasteiger partial charge in [-0.15, -0.1) is 11.3 Å². The molecule has 0 bridgehead atoms. The fraction of sp³-hybridized carbons (Fsp3) is 0.583. The Labute approximate surface area is 122 Å². The first kappa shape index (κ1) is 17.1. The Bertz CT molecular complexity index is 548. The second-order valence-corrected chi connectivity index (χ2v) is 7.50. The molecule has 1 unspecified atom stereocenters. The first-order valence-corrected chi connectivity index (χ1v) is 8.62. The molecule has 1 atom stereocenters. The van der Waals surface area contributed by atoms with Gasteiger partial charge in [0, 0.05) is 6.54 Å². The maximum atomic E-state index is 12.0. The Morgan fingerprint density at radius 1 is 1.35 bits per heavy atom. The van der Waals surface area contributed by atoms with E-state index in [9.17, 15) is 18.3 Å². The van der Waals surface area contributed by atoms with Crippen LogP contribution in [0.5, 0.6) is 0 Å². The van der Waals surface area contributed by atoms with Crippen molar-refractivity contribution in [3.05, 3.63) is 17.0 Å². The predicted molar refractivity (Wildman–Crippen MR) is 76.5 cm³/mol. The minimum absolute atomic E-state index is 0.0362. The fourth-order valence-electron chi connectivity index (χ4n) is 1.85. The number of hydrogen-bond donors (Lipinski definition) is 3. The van der Waals surface area contributed by atoms with Crippen LogP contribution in [0.25, 0.3) is 0 Å². The zero-order valence-electron chi connectivity index (χ0n) is 11.4. The van der Waals surface area contributed by atoms with Gasteiger partial charge in [-0.3, -0.25) is 0 Å². The van der Waals surface area contributed by atoms with Crippen LogP contribution >= 0.6 is 11.3 Å². The van der Waals surface area contributed by atoms with Crippen molar-refractivity contribution in [3.63, 3.8) is 0 Å². The zero-order valence-corrected chi connectivity index (χ0v) is 13.0. The molecule has 1 heterocycles. The van der Waals surface area contributed by atoms with E-state index in [1.165, 1.54) is 12.1 Å². The van der Waals surface area contributed by atoms with Gasteiger partial charge in [-0.25, -0.2) is 17.9 Å². The van der Waals surface area contributed by atoms with Crippen LogP contribution in [0.15, 0.2) is 16.3 Å². The number of aromatic carboxylic acids is 1. The highest BCUT2D eigenvalue weighted by molar-refractivity contribution is 7.91. The van der Waals surface area contributed by atoms with Gasteiger partial charge in [0.25, 0.3) is 0 Å². The normalized spacial score (nSPS) is 13.6. The molecule has 0 spiro atoms. The number of thiophene rings is 1. The summed E-state index contributed by atoms with van der Waals surface area (Å²) < 4.78 is 26.2. The molecule has 114 valence electrons. The zero-order chi connectivity index (χ0) is 15.3. The lowest BCUT2D eigenvalue weighted by molar-refractivity contribution is 0.0702. The van der Waals surface area contributed by atoms with E-state index in [-0.39, 0.29) is 21.5 Å². The van der Waals surface area contributed by atoms with Crippen LogP contribution in [-0.2, 0) is 10.0 Å². The molecule has 0 aliphatic heterocycles. The minimum atomic E-state index is -3.77. The van der Waals surface area contributed by atoms with Crippen LogP contribution in [0.3, 0.4) is 0 Å². The number of carboxylic acid groups (broad SMARTS) is 1. The third kappa shape index (κ3) is 4.27. The molecular formula is C12H19NO5S2. The number of carboxylic acids is 1. The van der Waals surface area contributed by atoms with E-state index in [2.05, 4.69) is 4.72 Å². The number of aliphatic hydroxyl groups excluding tert-OH is 1. The number of nitrogens with one attached hydrogen (secondary N) is 1. The number of rotatable bonds is 8. The van der Waals surface area contributed by atoms with E-state index in [1.807, 2.05) is 13.8 Å². The average Bonchev–Trinajstić information content (AvgIpc) is 2.88. The first-order chi connectivity index (χ1) is 9.31. The molecule has 6 nitrogen and oxygen atoms in total. The second-order valence-electron chi connectivity index (χ2n) is 4.42. The maximum absolute atomic E-state index is 12.0. The highest BCUT2D eigenvalue weighted by Gasteiger charge is 2.22. The summed E-state index contributed by atoms with van der Waals surface area (Å²) in [5.41, 5.74) is 0. The summed E-state index contributed by atoms with van der Waals surface area (Å²) in [6.45, 7) is 3.80. The largest absolute Gasteiger partial charge is 0.477 e. The summed E-state index contributed by atoms with van der Waals surface area (Å²) in [6, 6.07) is 2.50. The van der Waals surface area contributed by atoms with Crippen molar-refractivity contribution in [1.82, 2.24) is 4.72 Å². The third-order valence-electron chi connectivity index (χ3n) is 3.13. The standard InChI is InChI=1S/C12H19NO5S2/c1-3-8(4-2)9(14)7-13-20(17,18)11-6-5-10(19-11)12(15)16/h5-6,8-9,13-14H,3-4,7H2,1-2H3,(H,15,16). The van der Waals surface area contributed by atoms with Crippen molar-refractivity contribution >= 4 is 27.3 Å². The summed E-state index contributed by atoms with van der Waals surface area (Å²) in [4.78, 5) is 10.7. The van der Waals surface area contributed by atoms with Crippen molar-refractivity contribution in [2.75, 3.05) is 6.54 Å². The van der Waals surface area contributed by atoms with Gasteiger partial charge in [-0.2, -0.15) is 0 Å².